The second-order valence-electron chi connectivity index (χ2n) is 6.33. The van der Waals surface area contributed by atoms with E-state index in [0.717, 1.165) is 4.31 Å². The van der Waals surface area contributed by atoms with Crippen LogP contribution in [0.5, 0.6) is 11.5 Å². The van der Waals surface area contributed by atoms with Gasteiger partial charge in [0.2, 0.25) is 16.8 Å². The van der Waals surface area contributed by atoms with Crippen LogP contribution in [0, 0.1) is 6.92 Å². The van der Waals surface area contributed by atoms with Gasteiger partial charge < -0.3 is 14.2 Å². The molecule has 1 aliphatic heterocycles. The highest BCUT2D eigenvalue weighted by Gasteiger charge is 2.22. The number of hydrogen-bond donors (Lipinski definition) is 0. The van der Waals surface area contributed by atoms with E-state index in [0.29, 0.717) is 22.6 Å². The average Bonchev–Trinajstić information content (AvgIpc) is 3.13. The zero-order valence-corrected chi connectivity index (χ0v) is 16.4. The van der Waals surface area contributed by atoms with Gasteiger partial charge in [-0.2, -0.15) is 0 Å². The smallest absolute Gasteiger partial charge is 0.338 e. The minimum absolute atomic E-state index is 0.0304. The summed E-state index contributed by atoms with van der Waals surface area (Å²) in [5, 5.41) is 0. The van der Waals surface area contributed by atoms with E-state index in [9.17, 15) is 18.0 Å². The molecule has 0 atom stereocenters. The summed E-state index contributed by atoms with van der Waals surface area (Å²) in [5.74, 6) is -0.193. The molecule has 0 radical (unpaired) electrons. The zero-order chi connectivity index (χ0) is 20.5. The predicted octanol–water partition coefficient (Wildman–Crippen LogP) is 2.01. The van der Waals surface area contributed by atoms with E-state index in [4.69, 9.17) is 14.2 Å². The molecule has 8 nitrogen and oxygen atoms in total. The average molecular weight is 405 g/mol. The molecule has 0 amide bonds. The van der Waals surface area contributed by atoms with Gasteiger partial charge in [-0.1, -0.05) is 6.07 Å². The van der Waals surface area contributed by atoms with Gasteiger partial charge in [0.25, 0.3) is 0 Å². The van der Waals surface area contributed by atoms with E-state index in [1.807, 2.05) is 0 Å². The Morgan fingerprint density at radius 1 is 1.07 bits per heavy atom. The summed E-state index contributed by atoms with van der Waals surface area (Å²) in [4.78, 5) is 24.7. The van der Waals surface area contributed by atoms with Gasteiger partial charge in [0.1, 0.15) is 0 Å². The monoisotopic (exact) mass is 405 g/mol. The molecule has 0 aromatic heterocycles. The Bertz CT molecular complexity index is 1040. The van der Waals surface area contributed by atoms with Gasteiger partial charge in [0.15, 0.2) is 23.9 Å². The predicted molar refractivity (Wildman–Crippen MR) is 99.2 cm³/mol. The van der Waals surface area contributed by atoms with Gasteiger partial charge in [-0.15, -0.1) is 0 Å². The van der Waals surface area contributed by atoms with Crippen LogP contribution in [0.25, 0.3) is 0 Å². The molecule has 3 rings (SSSR count). The molecule has 148 valence electrons. The molecule has 1 heterocycles. The fourth-order valence-electron chi connectivity index (χ4n) is 2.55. The highest BCUT2D eigenvalue weighted by molar-refractivity contribution is 7.89. The summed E-state index contributed by atoms with van der Waals surface area (Å²) in [6.07, 6.45) is 0. The van der Waals surface area contributed by atoms with Gasteiger partial charge in [-0.25, -0.2) is 17.5 Å². The molecule has 0 unspecified atom stereocenters. The third-order valence-corrected chi connectivity index (χ3v) is 6.05. The van der Waals surface area contributed by atoms with Crippen molar-refractivity contribution < 1.29 is 32.2 Å². The van der Waals surface area contributed by atoms with Crippen LogP contribution in [0.1, 0.15) is 26.3 Å². The van der Waals surface area contributed by atoms with Gasteiger partial charge in [-0.05, 0) is 42.8 Å². The number of esters is 1. The minimum Gasteiger partial charge on any atom is -0.454 e. The number of carbonyl (C=O) groups is 2. The number of rotatable bonds is 6. The third-order valence-electron chi connectivity index (χ3n) is 4.24. The van der Waals surface area contributed by atoms with E-state index in [1.54, 1.807) is 19.1 Å². The Morgan fingerprint density at radius 2 is 1.79 bits per heavy atom. The summed E-state index contributed by atoms with van der Waals surface area (Å²) in [7, 11) is -0.897. The van der Waals surface area contributed by atoms with Crippen LogP contribution in [0.2, 0.25) is 0 Å². The third kappa shape index (κ3) is 3.85. The molecular weight excluding hydrogens is 386 g/mol. The number of sulfonamides is 1. The van der Waals surface area contributed by atoms with Gasteiger partial charge in [0, 0.05) is 19.7 Å². The molecular formula is C19H19NO7S. The molecule has 0 aliphatic carbocycles. The number of carbonyl (C=O) groups excluding carboxylic acids is 2. The van der Waals surface area contributed by atoms with E-state index in [2.05, 4.69) is 0 Å². The van der Waals surface area contributed by atoms with Crippen molar-refractivity contribution >= 4 is 21.8 Å². The van der Waals surface area contributed by atoms with Crippen molar-refractivity contribution in [2.45, 2.75) is 11.8 Å². The zero-order valence-electron chi connectivity index (χ0n) is 15.6. The summed E-state index contributed by atoms with van der Waals surface area (Å²) in [6.45, 7) is 1.26. The first-order valence-corrected chi connectivity index (χ1v) is 9.77. The maximum atomic E-state index is 12.4. The largest absolute Gasteiger partial charge is 0.454 e. The Labute approximate surface area is 162 Å². The number of ether oxygens (including phenoxy) is 3. The van der Waals surface area contributed by atoms with Crippen LogP contribution >= 0.6 is 0 Å². The summed E-state index contributed by atoms with van der Waals surface area (Å²) < 4.78 is 41.1. The van der Waals surface area contributed by atoms with E-state index in [-0.39, 0.29) is 17.3 Å². The van der Waals surface area contributed by atoms with Crippen LogP contribution in [0.15, 0.2) is 41.3 Å². The second kappa shape index (κ2) is 7.61. The van der Waals surface area contributed by atoms with E-state index in [1.165, 1.54) is 38.4 Å². The van der Waals surface area contributed by atoms with Gasteiger partial charge >= 0.3 is 5.97 Å². The standard InChI is InChI=1S/C19H19NO7S/c1-12-4-6-14(28(23,24)20(2)3)9-15(12)19(22)25-10-16(21)13-5-7-17-18(8-13)27-11-26-17/h4-9H,10-11H2,1-3H3. The Balaban J connectivity index is 1.73. The van der Waals surface area contributed by atoms with E-state index >= 15 is 0 Å². The molecule has 0 bridgehead atoms. The van der Waals surface area contributed by atoms with Gasteiger partial charge in [0.05, 0.1) is 10.5 Å². The number of nitrogens with zero attached hydrogens (tertiary/aromatic N) is 1. The Morgan fingerprint density at radius 3 is 2.50 bits per heavy atom. The van der Waals surface area contributed by atoms with Crippen LogP contribution < -0.4 is 9.47 Å². The van der Waals surface area contributed by atoms with Crippen LogP contribution in [0.3, 0.4) is 0 Å². The maximum Gasteiger partial charge on any atom is 0.338 e. The highest BCUT2D eigenvalue weighted by Crippen LogP contribution is 2.32. The lowest BCUT2D eigenvalue weighted by atomic mass is 10.1. The normalized spacial score (nSPS) is 12.9. The molecule has 2 aromatic carbocycles. The number of aryl methyl sites for hydroxylation is 1. The number of fused-ring (bicyclic) bond motifs is 1. The van der Waals surface area contributed by atoms with Crippen molar-refractivity contribution in [2.24, 2.45) is 0 Å². The highest BCUT2D eigenvalue weighted by atomic mass is 32.2. The molecule has 1 aliphatic rings. The molecule has 0 saturated heterocycles. The summed E-state index contributed by atoms with van der Waals surface area (Å²) in [6, 6.07) is 8.87. The van der Waals surface area contributed by atoms with Crippen molar-refractivity contribution in [3.8, 4) is 11.5 Å². The lowest BCUT2D eigenvalue weighted by Crippen LogP contribution is -2.23. The molecule has 28 heavy (non-hydrogen) atoms. The van der Waals surface area contributed by atoms with Crippen molar-refractivity contribution in [2.75, 3.05) is 27.5 Å². The first-order chi connectivity index (χ1) is 13.2. The maximum absolute atomic E-state index is 12.4. The summed E-state index contributed by atoms with van der Waals surface area (Å²) in [5.41, 5.74) is 0.942. The van der Waals surface area contributed by atoms with E-state index < -0.39 is 28.4 Å². The van der Waals surface area contributed by atoms with Crippen molar-refractivity contribution in [1.82, 2.24) is 4.31 Å². The van der Waals surface area contributed by atoms with Crippen LogP contribution in [-0.2, 0) is 14.8 Å². The molecule has 2 aromatic rings. The number of ketones is 1. The molecule has 0 spiro atoms. The quantitative estimate of drug-likeness (QED) is 0.535. The molecule has 9 heteroatoms. The molecule has 0 saturated carbocycles. The van der Waals surface area contributed by atoms with Crippen molar-refractivity contribution in [3.05, 3.63) is 53.1 Å². The number of Topliss-reactive ketones (excluding diaryl/α,β-unsaturated/α-hetero) is 1. The molecule has 0 N–H and O–H groups in total. The van der Waals surface area contributed by atoms with Crippen molar-refractivity contribution in [1.29, 1.82) is 0 Å². The first-order valence-electron chi connectivity index (χ1n) is 8.33. The topological polar surface area (TPSA) is 99.2 Å². The fourth-order valence-corrected chi connectivity index (χ4v) is 3.48. The molecule has 0 fully saturated rings. The Kier molecular flexibility index (Phi) is 5.39. The lowest BCUT2D eigenvalue weighted by molar-refractivity contribution is 0.0473. The second-order valence-corrected chi connectivity index (χ2v) is 8.48. The fraction of sp³-hybridized carbons (Fsp3) is 0.263. The van der Waals surface area contributed by atoms with Gasteiger partial charge in [-0.3, -0.25) is 4.79 Å². The minimum atomic E-state index is -3.70. The van der Waals surface area contributed by atoms with Crippen LogP contribution in [-0.4, -0.2) is 52.0 Å². The number of hydrogen-bond acceptors (Lipinski definition) is 7. The Hall–Kier alpha value is -2.91. The number of benzene rings is 2. The lowest BCUT2D eigenvalue weighted by Gasteiger charge is -2.13. The first kappa shape index (κ1) is 19.8. The van der Waals surface area contributed by atoms with Crippen LogP contribution in [0.4, 0.5) is 0 Å². The SMILES string of the molecule is Cc1ccc(S(=O)(=O)N(C)C)cc1C(=O)OCC(=O)c1ccc2c(c1)OCO2. The van der Waals surface area contributed by atoms with Crippen molar-refractivity contribution in [3.63, 3.8) is 0 Å². The summed E-state index contributed by atoms with van der Waals surface area (Å²) >= 11 is 0.